The Hall–Kier alpha value is -0.820. The number of carbonyl (C=O) groups is 1. The van der Waals surface area contributed by atoms with Crippen molar-refractivity contribution >= 4 is 38.9 Å². The molecular formula is C15H20Cl2N2O3S. The standard InChI is InChI=1S/C15H20Cl2N2O3S/c1-15(5-6-23(21,22)10-15)18-14(20)9-19(2)8-11-3-4-12(16)7-13(11)17/h3-4,7H,5-6,8-10H2,1-2H3,(H,18,20). The van der Waals surface area contributed by atoms with Gasteiger partial charge in [-0.3, -0.25) is 9.69 Å². The summed E-state index contributed by atoms with van der Waals surface area (Å²) in [5.74, 6) is -0.0736. The van der Waals surface area contributed by atoms with E-state index in [1.807, 2.05) is 11.0 Å². The van der Waals surface area contributed by atoms with E-state index in [1.54, 1.807) is 26.1 Å². The number of sulfone groups is 1. The Balaban J connectivity index is 1.90. The van der Waals surface area contributed by atoms with Gasteiger partial charge in [0, 0.05) is 16.6 Å². The van der Waals surface area contributed by atoms with Crippen molar-refractivity contribution in [1.29, 1.82) is 0 Å². The lowest BCUT2D eigenvalue weighted by Gasteiger charge is -2.26. The molecule has 0 aromatic heterocycles. The average Bonchev–Trinajstić information content (AvgIpc) is 2.66. The SMILES string of the molecule is CN(CC(=O)NC1(C)CCS(=O)(=O)C1)Cc1ccc(Cl)cc1Cl. The van der Waals surface area contributed by atoms with Gasteiger partial charge in [-0.15, -0.1) is 0 Å². The van der Waals surface area contributed by atoms with E-state index >= 15 is 0 Å². The summed E-state index contributed by atoms with van der Waals surface area (Å²) in [6, 6.07) is 5.24. The first-order valence-electron chi connectivity index (χ1n) is 7.22. The molecule has 8 heteroatoms. The molecular weight excluding hydrogens is 359 g/mol. The van der Waals surface area contributed by atoms with Crippen LogP contribution in [0.15, 0.2) is 18.2 Å². The highest BCUT2D eigenvalue weighted by Crippen LogP contribution is 2.23. The van der Waals surface area contributed by atoms with Gasteiger partial charge in [0.25, 0.3) is 0 Å². The zero-order valence-electron chi connectivity index (χ0n) is 13.1. The molecule has 1 heterocycles. The second-order valence-electron chi connectivity index (χ2n) is 6.36. The van der Waals surface area contributed by atoms with Crippen LogP contribution in [0, 0.1) is 0 Å². The molecule has 23 heavy (non-hydrogen) atoms. The van der Waals surface area contributed by atoms with Gasteiger partial charge in [-0.1, -0.05) is 29.3 Å². The summed E-state index contributed by atoms with van der Waals surface area (Å²) < 4.78 is 23.1. The lowest BCUT2D eigenvalue weighted by atomic mass is 10.0. The minimum absolute atomic E-state index is 0.00152. The molecule has 1 unspecified atom stereocenters. The van der Waals surface area contributed by atoms with Gasteiger partial charge < -0.3 is 5.32 Å². The third-order valence-corrected chi connectivity index (χ3v) is 6.30. The summed E-state index contributed by atoms with van der Waals surface area (Å²) in [5, 5.41) is 3.96. The van der Waals surface area contributed by atoms with Crippen molar-refractivity contribution in [2.75, 3.05) is 25.1 Å². The normalized spacial score (nSPS) is 23.2. The predicted octanol–water partition coefficient (Wildman–Crippen LogP) is 2.12. The van der Waals surface area contributed by atoms with E-state index in [0.29, 0.717) is 23.0 Å². The molecule has 0 radical (unpaired) electrons. The van der Waals surface area contributed by atoms with Crippen LogP contribution in [0.5, 0.6) is 0 Å². The smallest absolute Gasteiger partial charge is 0.234 e. The number of benzene rings is 1. The average molecular weight is 379 g/mol. The molecule has 128 valence electrons. The number of rotatable bonds is 5. The summed E-state index contributed by atoms with van der Waals surface area (Å²) >= 11 is 12.0. The Kier molecular flexibility index (Phi) is 5.61. The van der Waals surface area contributed by atoms with E-state index in [9.17, 15) is 13.2 Å². The van der Waals surface area contributed by atoms with Crippen molar-refractivity contribution in [3.05, 3.63) is 33.8 Å². The van der Waals surface area contributed by atoms with E-state index in [4.69, 9.17) is 23.2 Å². The maximum Gasteiger partial charge on any atom is 0.234 e. The summed E-state index contributed by atoms with van der Waals surface area (Å²) in [4.78, 5) is 14.0. The molecule has 2 rings (SSSR count). The topological polar surface area (TPSA) is 66.5 Å². The third-order valence-electron chi connectivity index (χ3n) is 3.81. The van der Waals surface area contributed by atoms with Crippen LogP contribution < -0.4 is 5.32 Å². The Bertz CT molecular complexity index is 709. The first-order valence-corrected chi connectivity index (χ1v) is 9.80. The molecule has 0 bridgehead atoms. The molecule has 1 N–H and O–H groups in total. The number of nitrogens with one attached hydrogen (secondary N) is 1. The fourth-order valence-corrected chi connectivity index (χ4v) is 5.29. The molecule has 1 amide bonds. The molecule has 1 saturated heterocycles. The molecule has 1 aliphatic heterocycles. The number of halogens is 2. The molecule has 1 aliphatic rings. The van der Waals surface area contributed by atoms with Gasteiger partial charge in [-0.05, 0) is 38.1 Å². The number of hydrogen-bond acceptors (Lipinski definition) is 4. The van der Waals surface area contributed by atoms with Crippen LogP contribution in [0.25, 0.3) is 0 Å². The monoisotopic (exact) mass is 378 g/mol. The second kappa shape index (κ2) is 6.97. The van der Waals surface area contributed by atoms with Gasteiger partial charge >= 0.3 is 0 Å². The van der Waals surface area contributed by atoms with Crippen molar-refractivity contribution in [1.82, 2.24) is 10.2 Å². The van der Waals surface area contributed by atoms with Crippen molar-refractivity contribution in [3.8, 4) is 0 Å². The fraction of sp³-hybridized carbons (Fsp3) is 0.533. The molecule has 1 aromatic rings. The zero-order valence-corrected chi connectivity index (χ0v) is 15.4. The molecule has 1 atom stereocenters. The fourth-order valence-electron chi connectivity index (χ4n) is 2.73. The minimum Gasteiger partial charge on any atom is -0.349 e. The number of likely N-dealkylation sites (N-methyl/N-ethyl adjacent to an activating group) is 1. The van der Waals surface area contributed by atoms with E-state index in [-0.39, 0.29) is 24.0 Å². The molecule has 0 aliphatic carbocycles. The summed E-state index contributed by atoms with van der Waals surface area (Å²) in [6.45, 7) is 2.43. The van der Waals surface area contributed by atoms with Crippen molar-refractivity contribution < 1.29 is 13.2 Å². The van der Waals surface area contributed by atoms with Crippen molar-refractivity contribution in [2.45, 2.75) is 25.4 Å². The van der Waals surface area contributed by atoms with E-state index < -0.39 is 15.4 Å². The van der Waals surface area contributed by atoms with Crippen molar-refractivity contribution in [2.24, 2.45) is 0 Å². The lowest BCUT2D eigenvalue weighted by molar-refractivity contribution is -0.123. The highest BCUT2D eigenvalue weighted by Gasteiger charge is 2.39. The summed E-state index contributed by atoms with van der Waals surface area (Å²) in [6.07, 6.45) is 0.452. The number of carbonyl (C=O) groups excluding carboxylic acids is 1. The van der Waals surface area contributed by atoms with Crippen LogP contribution >= 0.6 is 23.2 Å². The predicted molar refractivity (Wildman–Crippen MR) is 92.6 cm³/mol. The first kappa shape index (κ1) is 18.5. The maximum absolute atomic E-state index is 12.2. The minimum atomic E-state index is -3.04. The maximum atomic E-state index is 12.2. The van der Waals surface area contributed by atoms with Gasteiger partial charge in [0.15, 0.2) is 9.84 Å². The largest absolute Gasteiger partial charge is 0.349 e. The van der Waals surface area contributed by atoms with Crippen LogP contribution in [-0.2, 0) is 21.2 Å². The zero-order chi connectivity index (χ0) is 17.3. The Labute approximate surface area is 146 Å². The molecule has 1 fully saturated rings. The van der Waals surface area contributed by atoms with Gasteiger partial charge in [-0.2, -0.15) is 0 Å². The molecule has 0 saturated carbocycles. The summed E-state index contributed by atoms with van der Waals surface area (Å²) in [5.41, 5.74) is 0.204. The van der Waals surface area contributed by atoms with Crippen LogP contribution in [0.1, 0.15) is 18.9 Å². The van der Waals surface area contributed by atoms with Crippen LogP contribution in [0.3, 0.4) is 0 Å². The van der Waals surface area contributed by atoms with E-state index in [2.05, 4.69) is 5.32 Å². The number of nitrogens with zero attached hydrogens (tertiary/aromatic N) is 1. The van der Waals surface area contributed by atoms with Crippen LogP contribution in [0.4, 0.5) is 0 Å². The van der Waals surface area contributed by atoms with Gasteiger partial charge in [0.05, 0.1) is 23.6 Å². The van der Waals surface area contributed by atoms with Crippen molar-refractivity contribution in [3.63, 3.8) is 0 Å². The Morgan fingerprint density at radius 3 is 2.65 bits per heavy atom. The number of hydrogen-bond donors (Lipinski definition) is 1. The Morgan fingerprint density at radius 1 is 1.39 bits per heavy atom. The quantitative estimate of drug-likeness (QED) is 0.851. The Morgan fingerprint density at radius 2 is 2.09 bits per heavy atom. The first-order chi connectivity index (χ1) is 10.6. The van der Waals surface area contributed by atoms with E-state index in [0.717, 1.165) is 5.56 Å². The van der Waals surface area contributed by atoms with Crippen LogP contribution in [-0.4, -0.2) is 49.9 Å². The molecule has 5 nitrogen and oxygen atoms in total. The summed E-state index contributed by atoms with van der Waals surface area (Å²) in [7, 11) is -1.24. The molecule has 0 spiro atoms. The third kappa shape index (κ3) is 5.35. The number of amides is 1. The van der Waals surface area contributed by atoms with Gasteiger partial charge in [-0.25, -0.2) is 8.42 Å². The lowest BCUT2D eigenvalue weighted by Crippen LogP contribution is -2.49. The van der Waals surface area contributed by atoms with Gasteiger partial charge in [0.1, 0.15) is 0 Å². The van der Waals surface area contributed by atoms with Gasteiger partial charge in [0.2, 0.25) is 5.91 Å². The highest BCUT2D eigenvalue weighted by atomic mass is 35.5. The molecule has 1 aromatic carbocycles. The van der Waals surface area contributed by atoms with Crippen LogP contribution in [0.2, 0.25) is 10.0 Å². The second-order valence-corrected chi connectivity index (χ2v) is 9.39. The highest BCUT2D eigenvalue weighted by molar-refractivity contribution is 7.91. The van der Waals surface area contributed by atoms with E-state index in [1.165, 1.54) is 0 Å².